The third kappa shape index (κ3) is 3.04. The van der Waals surface area contributed by atoms with E-state index < -0.39 is 0 Å². The van der Waals surface area contributed by atoms with Gasteiger partial charge < -0.3 is 11.1 Å². The second-order valence-electron chi connectivity index (χ2n) is 4.26. The predicted molar refractivity (Wildman–Crippen MR) is 71.3 cm³/mol. The van der Waals surface area contributed by atoms with E-state index in [9.17, 15) is 0 Å². The molecule has 88 valence electrons. The molecule has 0 fully saturated rings. The zero-order valence-electron chi connectivity index (χ0n) is 10.1. The minimum atomic E-state index is 0.0240. The van der Waals surface area contributed by atoms with E-state index in [2.05, 4.69) is 29.4 Å². The number of aryl methyl sites for hydroxylation is 1. The number of anilines is 2. The van der Waals surface area contributed by atoms with Crippen LogP contribution < -0.4 is 11.1 Å². The number of benzene rings is 1. The molecule has 2 aromatic rings. The summed E-state index contributed by atoms with van der Waals surface area (Å²) in [6.45, 7) is 4.02. The molecule has 1 atom stereocenters. The van der Waals surface area contributed by atoms with Crippen LogP contribution >= 0.6 is 0 Å². The Hall–Kier alpha value is -1.87. The van der Waals surface area contributed by atoms with Crippen LogP contribution in [0, 0.1) is 6.92 Å². The summed E-state index contributed by atoms with van der Waals surface area (Å²) in [5.41, 5.74) is 9.10. The monoisotopic (exact) mass is 227 g/mol. The molecule has 0 saturated carbocycles. The molecule has 0 bridgehead atoms. The van der Waals surface area contributed by atoms with Gasteiger partial charge in [0, 0.05) is 17.9 Å². The van der Waals surface area contributed by atoms with Gasteiger partial charge in [-0.05, 0) is 37.6 Å². The van der Waals surface area contributed by atoms with Gasteiger partial charge >= 0.3 is 0 Å². The summed E-state index contributed by atoms with van der Waals surface area (Å²) in [6.07, 6.45) is 1.81. The summed E-state index contributed by atoms with van der Waals surface area (Å²) in [5.74, 6) is 0.832. The van der Waals surface area contributed by atoms with Crippen molar-refractivity contribution in [3.63, 3.8) is 0 Å². The fourth-order valence-corrected chi connectivity index (χ4v) is 1.53. The Balaban J connectivity index is 2.11. The summed E-state index contributed by atoms with van der Waals surface area (Å²) < 4.78 is 0. The first kappa shape index (κ1) is 11.6. The van der Waals surface area contributed by atoms with Gasteiger partial charge in [-0.15, -0.1) is 0 Å². The number of nitrogens with zero attached hydrogens (tertiary/aromatic N) is 1. The molecule has 1 heterocycles. The van der Waals surface area contributed by atoms with Gasteiger partial charge in [-0.25, -0.2) is 4.98 Å². The van der Waals surface area contributed by atoms with Crippen LogP contribution in [0.4, 0.5) is 11.5 Å². The maximum Gasteiger partial charge on any atom is 0.130 e. The average Bonchev–Trinajstić information content (AvgIpc) is 2.33. The number of hydrogen-bond donors (Lipinski definition) is 2. The van der Waals surface area contributed by atoms with E-state index in [4.69, 9.17) is 5.73 Å². The topological polar surface area (TPSA) is 50.9 Å². The Bertz CT molecular complexity index is 472. The lowest BCUT2D eigenvalue weighted by molar-refractivity contribution is 0.812. The molecule has 1 unspecified atom stereocenters. The third-order valence-corrected chi connectivity index (χ3v) is 2.64. The Morgan fingerprint density at radius 1 is 1.12 bits per heavy atom. The first-order valence-corrected chi connectivity index (χ1v) is 5.70. The highest BCUT2D eigenvalue weighted by Crippen LogP contribution is 2.16. The largest absolute Gasteiger partial charge is 0.340 e. The summed E-state index contributed by atoms with van der Waals surface area (Å²) in [6, 6.07) is 12.2. The molecule has 3 N–H and O–H groups in total. The molecular formula is C14H17N3. The maximum absolute atomic E-state index is 5.77. The Morgan fingerprint density at radius 3 is 2.35 bits per heavy atom. The van der Waals surface area contributed by atoms with Gasteiger partial charge in [-0.2, -0.15) is 0 Å². The third-order valence-electron chi connectivity index (χ3n) is 2.64. The van der Waals surface area contributed by atoms with Crippen LogP contribution in [-0.2, 0) is 0 Å². The number of pyridine rings is 1. The van der Waals surface area contributed by atoms with Gasteiger partial charge in [0.2, 0.25) is 0 Å². The van der Waals surface area contributed by atoms with Gasteiger partial charge in [0.25, 0.3) is 0 Å². The van der Waals surface area contributed by atoms with Gasteiger partial charge in [-0.1, -0.05) is 23.8 Å². The minimum absolute atomic E-state index is 0.0240. The molecule has 3 heteroatoms. The second-order valence-corrected chi connectivity index (χ2v) is 4.26. The molecule has 0 amide bonds. The lowest BCUT2D eigenvalue weighted by atomic mass is 10.1. The molecule has 0 aliphatic carbocycles. The summed E-state index contributed by atoms with van der Waals surface area (Å²) in [4.78, 5) is 4.33. The molecule has 0 radical (unpaired) electrons. The fourth-order valence-electron chi connectivity index (χ4n) is 1.53. The first-order chi connectivity index (χ1) is 8.15. The van der Waals surface area contributed by atoms with Gasteiger partial charge in [0.1, 0.15) is 5.82 Å². The zero-order valence-corrected chi connectivity index (χ0v) is 10.1. The van der Waals surface area contributed by atoms with E-state index in [1.54, 1.807) is 6.20 Å². The standard InChI is InChI=1S/C14H17N3/c1-10-3-6-13(7-4-10)17-14-8-5-12(9-16-14)11(2)15/h3-9,11H,15H2,1-2H3,(H,16,17). The van der Waals surface area contributed by atoms with Crippen molar-refractivity contribution in [1.29, 1.82) is 0 Å². The fraction of sp³-hybridized carbons (Fsp3) is 0.214. The van der Waals surface area contributed by atoms with Crippen LogP contribution in [0.15, 0.2) is 42.6 Å². The molecule has 2 rings (SSSR count). The van der Waals surface area contributed by atoms with Crippen LogP contribution in [-0.4, -0.2) is 4.98 Å². The highest BCUT2D eigenvalue weighted by molar-refractivity contribution is 5.56. The van der Waals surface area contributed by atoms with Gasteiger partial charge in [0.15, 0.2) is 0 Å². The molecule has 1 aromatic carbocycles. The SMILES string of the molecule is Cc1ccc(Nc2ccc(C(C)N)cn2)cc1. The minimum Gasteiger partial charge on any atom is -0.340 e. The summed E-state index contributed by atoms with van der Waals surface area (Å²) >= 11 is 0. The van der Waals surface area contributed by atoms with E-state index in [0.717, 1.165) is 17.1 Å². The highest BCUT2D eigenvalue weighted by Gasteiger charge is 2.00. The number of aromatic nitrogens is 1. The van der Waals surface area contributed by atoms with Crippen molar-refractivity contribution in [2.24, 2.45) is 5.73 Å². The average molecular weight is 227 g/mol. The second kappa shape index (κ2) is 4.97. The van der Waals surface area contributed by atoms with Crippen molar-refractivity contribution >= 4 is 11.5 Å². The van der Waals surface area contributed by atoms with E-state index >= 15 is 0 Å². The van der Waals surface area contributed by atoms with E-state index in [1.807, 2.05) is 31.2 Å². The van der Waals surface area contributed by atoms with Crippen LogP contribution in [0.25, 0.3) is 0 Å². The van der Waals surface area contributed by atoms with Crippen molar-refractivity contribution in [2.45, 2.75) is 19.9 Å². The molecule has 0 spiro atoms. The van der Waals surface area contributed by atoms with Crippen LogP contribution in [0.3, 0.4) is 0 Å². The number of rotatable bonds is 3. The molecule has 0 aliphatic heterocycles. The van der Waals surface area contributed by atoms with Crippen LogP contribution in [0.2, 0.25) is 0 Å². The highest BCUT2D eigenvalue weighted by atomic mass is 15.0. The number of nitrogens with one attached hydrogen (secondary N) is 1. The van der Waals surface area contributed by atoms with Crippen LogP contribution in [0.1, 0.15) is 24.1 Å². The van der Waals surface area contributed by atoms with Gasteiger partial charge in [-0.3, -0.25) is 0 Å². The lowest BCUT2D eigenvalue weighted by Gasteiger charge is -2.08. The Kier molecular flexibility index (Phi) is 3.40. The molecular weight excluding hydrogens is 210 g/mol. The molecule has 1 aromatic heterocycles. The quantitative estimate of drug-likeness (QED) is 0.846. The normalized spacial score (nSPS) is 12.2. The number of nitrogens with two attached hydrogens (primary N) is 1. The van der Waals surface area contributed by atoms with Crippen molar-refractivity contribution in [3.05, 3.63) is 53.7 Å². The summed E-state index contributed by atoms with van der Waals surface area (Å²) in [7, 11) is 0. The molecule has 0 aliphatic rings. The van der Waals surface area contributed by atoms with E-state index in [-0.39, 0.29) is 6.04 Å². The van der Waals surface area contributed by atoms with E-state index in [1.165, 1.54) is 5.56 Å². The van der Waals surface area contributed by atoms with E-state index in [0.29, 0.717) is 0 Å². The van der Waals surface area contributed by atoms with Gasteiger partial charge in [0.05, 0.1) is 0 Å². The maximum atomic E-state index is 5.77. The Labute approximate surface area is 102 Å². The number of hydrogen-bond acceptors (Lipinski definition) is 3. The van der Waals surface area contributed by atoms with Crippen LogP contribution in [0.5, 0.6) is 0 Å². The molecule has 0 saturated heterocycles. The predicted octanol–water partition coefficient (Wildman–Crippen LogP) is 3.15. The van der Waals surface area contributed by atoms with Crippen molar-refractivity contribution < 1.29 is 0 Å². The zero-order chi connectivity index (χ0) is 12.3. The smallest absolute Gasteiger partial charge is 0.130 e. The van der Waals surface area contributed by atoms with Crippen molar-refractivity contribution in [2.75, 3.05) is 5.32 Å². The summed E-state index contributed by atoms with van der Waals surface area (Å²) in [5, 5.41) is 3.25. The molecule has 17 heavy (non-hydrogen) atoms. The van der Waals surface area contributed by atoms with Crippen molar-refractivity contribution in [3.8, 4) is 0 Å². The first-order valence-electron chi connectivity index (χ1n) is 5.70. The lowest BCUT2D eigenvalue weighted by Crippen LogP contribution is -2.05. The molecule has 3 nitrogen and oxygen atoms in total. The Morgan fingerprint density at radius 2 is 1.82 bits per heavy atom. The van der Waals surface area contributed by atoms with Crippen molar-refractivity contribution in [1.82, 2.24) is 4.98 Å².